The van der Waals surface area contributed by atoms with E-state index in [2.05, 4.69) is 15.4 Å². The highest BCUT2D eigenvalue weighted by Crippen LogP contribution is 2.50. The molecule has 5 N–H and O–H groups in total. The normalized spacial score (nSPS) is 16.4. The zero-order valence-electron chi connectivity index (χ0n) is 16.3. The van der Waals surface area contributed by atoms with Crippen molar-refractivity contribution >= 4 is 22.7 Å². The van der Waals surface area contributed by atoms with E-state index in [4.69, 9.17) is 10.9 Å². The van der Waals surface area contributed by atoms with Crippen molar-refractivity contribution in [1.82, 2.24) is 14.8 Å². The first-order chi connectivity index (χ1) is 14.9. The molecule has 4 rings (SSSR count). The van der Waals surface area contributed by atoms with Gasteiger partial charge in [-0.2, -0.15) is 27.1 Å². The van der Waals surface area contributed by atoms with Crippen molar-refractivity contribution < 1.29 is 35.3 Å². The van der Waals surface area contributed by atoms with E-state index in [-0.39, 0.29) is 21.9 Å². The van der Waals surface area contributed by atoms with E-state index >= 15 is 0 Å². The molecular formula is C17H18F6N6O2S. The minimum atomic E-state index is -4.51. The third-order valence-electron chi connectivity index (χ3n) is 4.81. The van der Waals surface area contributed by atoms with Crippen molar-refractivity contribution in [3.05, 3.63) is 34.5 Å². The van der Waals surface area contributed by atoms with Crippen LogP contribution < -0.4 is 16.2 Å². The summed E-state index contributed by atoms with van der Waals surface area (Å²) in [7, 11) is -2.18. The maximum absolute atomic E-state index is 13.2. The van der Waals surface area contributed by atoms with Crippen LogP contribution >= 0.6 is 0 Å². The van der Waals surface area contributed by atoms with Gasteiger partial charge < -0.3 is 11.1 Å². The van der Waals surface area contributed by atoms with Gasteiger partial charge in [0.25, 0.3) is 0 Å². The van der Waals surface area contributed by atoms with Gasteiger partial charge in [-0.1, -0.05) is 0 Å². The molecule has 32 heavy (non-hydrogen) atoms. The molecule has 1 unspecified atom stereocenters. The third kappa shape index (κ3) is 5.20. The third-order valence-corrected chi connectivity index (χ3v) is 5.47. The largest absolute Gasteiger partial charge is 0.433 e. The van der Waals surface area contributed by atoms with Gasteiger partial charge in [0, 0.05) is 11.3 Å². The minimum Gasteiger partial charge on any atom is -0.351 e. The van der Waals surface area contributed by atoms with Crippen molar-refractivity contribution in [3.8, 4) is 0 Å². The van der Waals surface area contributed by atoms with Crippen molar-refractivity contribution in [2.45, 2.75) is 55.8 Å². The molecule has 0 radical (unpaired) electrons. The van der Waals surface area contributed by atoms with Crippen LogP contribution in [0.25, 0.3) is 0 Å². The van der Waals surface area contributed by atoms with Crippen molar-refractivity contribution in [2.75, 3.05) is 5.32 Å². The van der Waals surface area contributed by atoms with E-state index < -0.39 is 46.3 Å². The zero-order chi connectivity index (χ0) is 23.8. The molecule has 1 atom stereocenters. The number of pyridine rings is 1. The lowest BCUT2D eigenvalue weighted by Gasteiger charge is -2.19. The first-order valence-corrected chi connectivity index (χ1v) is 10.5. The Balaban J connectivity index is 0.000000207. The van der Waals surface area contributed by atoms with Crippen LogP contribution in [0.4, 0.5) is 36.8 Å². The Kier molecular flexibility index (Phi) is 6.78. The summed E-state index contributed by atoms with van der Waals surface area (Å²) in [5.41, 5.74) is 5.80. The highest BCUT2D eigenvalue weighted by molar-refractivity contribution is 7.82. The number of fused-ring (bicyclic) bond motifs is 1. The maximum Gasteiger partial charge on any atom is 0.433 e. The van der Waals surface area contributed by atoms with Gasteiger partial charge in [-0.15, -0.1) is 0 Å². The van der Waals surface area contributed by atoms with Gasteiger partial charge in [0.05, 0.1) is 11.9 Å². The molecule has 2 aromatic heterocycles. The van der Waals surface area contributed by atoms with E-state index in [0.717, 1.165) is 12.0 Å². The standard InChI is InChI=1S/C13H14F3N3O.C4H4F3N3OS/c14-13(15,16)11-9(6-4-5-6)10(19-12(17)20)7-2-1-3-8(7)18-11;5-2-1-10(4(6)7)9-3(2)12(8)11/h6H,1-5H2,(H3,17,18,19,20);1,4H,8H2. The fourth-order valence-electron chi connectivity index (χ4n) is 3.44. The molecule has 2 aliphatic rings. The predicted octanol–water partition coefficient (Wildman–Crippen LogP) is 3.36. The van der Waals surface area contributed by atoms with Crippen LogP contribution in [0.3, 0.4) is 0 Å². The Labute approximate surface area is 179 Å². The monoisotopic (exact) mass is 484 g/mol. The summed E-state index contributed by atoms with van der Waals surface area (Å²) in [5, 5.41) is 9.45. The molecule has 0 bridgehead atoms. The maximum atomic E-state index is 13.2. The molecule has 0 spiro atoms. The fourth-order valence-corrected chi connectivity index (χ4v) is 3.86. The number of rotatable bonds is 4. The minimum absolute atomic E-state index is 0.0510. The van der Waals surface area contributed by atoms with Gasteiger partial charge >= 0.3 is 18.8 Å². The van der Waals surface area contributed by atoms with Crippen molar-refractivity contribution in [1.29, 1.82) is 0 Å². The van der Waals surface area contributed by atoms with E-state index in [1.54, 1.807) is 0 Å². The van der Waals surface area contributed by atoms with Crippen LogP contribution in [-0.2, 0) is 30.0 Å². The highest BCUT2D eigenvalue weighted by atomic mass is 32.2. The summed E-state index contributed by atoms with van der Waals surface area (Å²) in [6.45, 7) is -2.96. The molecule has 2 heterocycles. The highest BCUT2D eigenvalue weighted by Gasteiger charge is 2.43. The summed E-state index contributed by atoms with van der Waals surface area (Å²) in [5.74, 6) is -1.27. The number of nitrogens with one attached hydrogen (secondary N) is 1. The first-order valence-electron chi connectivity index (χ1n) is 9.28. The quantitative estimate of drug-likeness (QED) is 0.575. The Morgan fingerprint density at radius 2 is 1.94 bits per heavy atom. The number of halogens is 6. The number of hydrogen-bond acceptors (Lipinski definition) is 4. The number of nitrogens with zero attached hydrogens (tertiary/aromatic N) is 3. The summed E-state index contributed by atoms with van der Waals surface area (Å²) in [6, 6.07) is -0.833. The van der Waals surface area contributed by atoms with Gasteiger partial charge in [0.15, 0.2) is 10.8 Å². The lowest BCUT2D eigenvalue weighted by molar-refractivity contribution is -0.141. The van der Waals surface area contributed by atoms with Gasteiger partial charge in [-0.25, -0.2) is 28.2 Å². The number of primary amides is 1. The van der Waals surface area contributed by atoms with E-state index in [0.29, 0.717) is 37.6 Å². The second-order valence-corrected chi connectivity index (χ2v) is 8.11. The van der Waals surface area contributed by atoms with E-state index in [1.165, 1.54) is 0 Å². The molecule has 2 aromatic rings. The van der Waals surface area contributed by atoms with Gasteiger partial charge in [-0.05, 0) is 43.6 Å². The average Bonchev–Trinajstić information content (AvgIpc) is 3.24. The number of carbonyl (C=O) groups is 1. The summed E-state index contributed by atoms with van der Waals surface area (Å²) in [6.07, 6.45) is -0.795. The van der Waals surface area contributed by atoms with Gasteiger partial charge in [-0.3, -0.25) is 0 Å². The number of aryl methyl sites for hydroxylation is 1. The predicted molar refractivity (Wildman–Crippen MR) is 100 cm³/mol. The van der Waals surface area contributed by atoms with Crippen LogP contribution in [0, 0.1) is 5.82 Å². The molecule has 0 aromatic carbocycles. The van der Waals surface area contributed by atoms with E-state index in [1.807, 2.05) is 0 Å². The molecule has 0 saturated heterocycles. The number of anilines is 1. The number of hydrogen-bond donors (Lipinski definition) is 3. The molecule has 15 heteroatoms. The molecule has 176 valence electrons. The average molecular weight is 484 g/mol. The lowest BCUT2D eigenvalue weighted by atomic mass is 10.00. The smallest absolute Gasteiger partial charge is 0.351 e. The number of urea groups is 1. The number of amides is 2. The molecule has 1 fully saturated rings. The number of aromatic nitrogens is 3. The molecule has 8 nitrogen and oxygen atoms in total. The molecule has 0 aliphatic heterocycles. The second kappa shape index (κ2) is 9.05. The number of carbonyl (C=O) groups excluding carboxylic acids is 1. The number of alkyl halides is 5. The summed E-state index contributed by atoms with van der Waals surface area (Å²) in [4.78, 5) is 15.0. The fraction of sp³-hybridized carbons (Fsp3) is 0.471. The van der Waals surface area contributed by atoms with Crippen LogP contribution in [0.2, 0.25) is 0 Å². The van der Waals surface area contributed by atoms with Gasteiger partial charge in [0.2, 0.25) is 0 Å². The molecular weight excluding hydrogens is 466 g/mol. The Hall–Kier alpha value is -2.68. The van der Waals surface area contributed by atoms with Crippen LogP contribution in [0.15, 0.2) is 11.2 Å². The topological polar surface area (TPSA) is 129 Å². The van der Waals surface area contributed by atoms with E-state index in [9.17, 15) is 35.3 Å². The first kappa shape index (κ1) is 24.0. The lowest BCUT2D eigenvalue weighted by Crippen LogP contribution is -2.24. The molecule has 2 amide bonds. The Morgan fingerprint density at radius 1 is 1.28 bits per heavy atom. The van der Waals surface area contributed by atoms with Crippen LogP contribution in [-0.4, -0.2) is 25.0 Å². The van der Waals surface area contributed by atoms with Crippen LogP contribution in [0.5, 0.6) is 0 Å². The molecule has 2 aliphatic carbocycles. The van der Waals surface area contributed by atoms with Gasteiger partial charge in [0.1, 0.15) is 16.7 Å². The Morgan fingerprint density at radius 3 is 2.38 bits per heavy atom. The SMILES string of the molecule is NC(=O)Nc1c2c(nc(C(F)(F)F)c1C1CC1)CCC2.NS(=O)c1nn(C(F)F)cc1F. The summed E-state index contributed by atoms with van der Waals surface area (Å²) < 4.78 is 86.3. The molecule has 1 saturated carbocycles. The second-order valence-electron chi connectivity index (χ2n) is 7.13. The van der Waals surface area contributed by atoms with Crippen molar-refractivity contribution in [3.63, 3.8) is 0 Å². The Bertz CT molecular complexity index is 1050. The number of nitrogens with two attached hydrogens (primary N) is 2. The van der Waals surface area contributed by atoms with Crippen molar-refractivity contribution in [2.24, 2.45) is 10.9 Å². The van der Waals surface area contributed by atoms with Crippen LogP contribution in [0.1, 0.15) is 54.2 Å². The zero-order valence-corrected chi connectivity index (χ0v) is 17.1. The summed E-state index contributed by atoms with van der Waals surface area (Å²) >= 11 is 0.